The van der Waals surface area contributed by atoms with Crippen LogP contribution in [0.25, 0.3) is 0 Å². The van der Waals surface area contributed by atoms with Crippen LogP contribution in [-0.4, -0.2) is 10.8 Å². The van der Waals surface area contributed by atoms with E-state index in [9.17, 15) is 0 Å². The molecule has 0 heterocycles. The van der Waals surface area contributed by atoms with Crippen LogP contribution >= 0.6 is 12.2 Å². The zero-order valence-corrected chi connectivity index (χ0v) is 13.1. The number of hydrogen-bond donors (Lipinski definition) is 2. The molecule has 0 unspecified atom stereocenters. The Morgan fingerprint density at radius 3 is 2.38 bits per heavy atom. The third-order valence-electron chi connectivity index (χ3n) is 3.09. The molecule has 0 aliphatic rings. The Labute approximate surface area is 131 Å². The first-order valence-electron chi connectivity index (χ1n) is 6.84. The van der Waals surface area contributed by atoms with Gasteiger partial charge in [-0.05, 0) is 37.2 Å². The van der Waals surface area contributed by atoms with Gasteiger partial charge in [0.1, 0.15) is 0 Å². The van der Waals surface area contributed by atoms with Crippen LogP contribution in [0.3, 0.4) is 0 Å². The lowest BCUT2D eigenvalue weighted by atomic mass is 10.1. The van der Waals surface area contributed by atoms with E-state index in [4.69, 9.17) is 12.2 Å². The van der Waals surface area contributed by atoms with Crippen LogP contribution in [-0.2, 0) is 6.54 Å². The van der Waals surface area contributed by atoms with Crippen LogP contribution in [0.1, 0.15) is 23.6 Å². The van der Waals surface area contributed by atoms with Gasteiger partial charge in [-0.3, -0.25) is 5.43 Å². The number of hydrazone groups is 1. The molecule has 108 valence electrons. The summed E-state index contributed by atoms with van der Waals surface area (Å²) in [4.78, 5) is 0. The lowest BCUT2D eigenvalue weighted by Gasteiger charge is -2.08. The summed E-state index contributed by atoms with van der Waals surface area (Å²) < 4.78 is 0. The van der Waals surface area contributed by atoms with Crippen molar-refractivity contribution in [2.24, 2.45) is 5.10 Å². The van der Waals surface area contributed by atoms with E-state index in [0.29, 0.717) is 11.7 Å². The molecule has 3 nitrogen and oxygen atoms in total. The van der Waals surface area contributed by atoms with Gasteiger partial charge in [-0.25, -0.2) is 0 Å². The van der Waals surface area contributed by atoms with Crippen LogP contribution in [0.15, 0.2) is 59.7 Å². The smallest absolute Gasteiger partial charge is 0.187 e. The number of hydrogen-bond acceptors (Lipinski definition) is 2. The predicted octanol–water partition coefficient (Wildman–Crippen LogP) is 3.38. The molecule has 2 aromatic carbocycles. The number of rotatable bonds is 4. The lowest BCUT2D eigenvalue weighted by Crippen LogP contribution is -2.32. The Kier molecular flexibility index (Phi) is 5.46. The summed E-state index contributed by atoms with van der Waals surface area (Å²) >= 11 is 5.21. The Bertz CT molecular complexity index is 618. The molecule has 4 heteroatoms. The van der Waals surface area contributed by atoms with Gasteiger partial charge in [0.05, 0.1) is 5.71 Å². The minimum Gasteiger partial charge on any atom is -0.357 e. The van der Waals surface area contributed by atoms with Gasteiger partial charge in [-0.2, -0.15) is 5.10 Å². The van der Waals surface area contributed by atoms with Gasteiger partial charge in [0, 0.05) is 6.54 Å². The number of aryl methyl sites for hydroxylation is 1. The van der Waals surface area contributed by atoms with Gasteiger partial charge in [0.2, 0.25) is 0 Å². The fraction of sp³-hybridized carbons (Fsp3) is 0.176. The topological polar surface area (TPSA) is 36.4 Å². The van der Waals surface area contributed by atoms with Gasteiger partial charge >= 0.3 is 0 Å². The largest absolute Gasteiger partial charge is 0.357 e. The predicted molar refractivity (Wildman–Crippen MR) is 92.4 cm³/mol. The molecular weight excluding hydrogens is 278 g/mol. The minimum absolute atomic E-state index is 0.519. The van der Waals surface area contributed by atoms with Crippen molar-refractivity contribution in [1.82, 2.24) is 10.7 Å². The van der Waals surface area contributed by atoms with Crippen molar-refractivity contribution in [2.75, 3.05) is 0 Å². The monoisotopic (exact) mass is 297 g/mol. The summed E-state index contributed by atoms with van der Waals surface area (Å²) in [5.41, 5.74) is 7.28. The minimum atomic E-state index is 0.519. The van der Waals surface area contributed by atoms with E-state index in [1.165, 1.54) is 11.1 Å². The molecule has 0 bridgehead atoms. The highest BCUT2D eigenvalue weighted by Crippen LogP contribution is 2.04. The highest BCUT2D eigenvalue weighted by Gasteiger charge is 1.98. The van der Waals surface area contributed by atoms with Crippen molar-refractivity contribution in [3.05, 3.63) is 71.3 Å². The second-order valence-corrected chi connectivity index (χ2v) is 5.25. The Morgan fingerprint density at radius 1 is 1.05 bits per heavy atom. The summed E-state index contributed by atoms with van der Waals surface area (Å²) in [5.74, 6) is 0. The van der Waals surface area contributed by atoms with Crippen molar-refractivity contribution in [3.63, 3.8) is 0 Å². The first-order valence-corrected chi connectivity index (χ1v) is 7.25. The molecular formula is C17H19N3S. The fourth-order valence-electron chi connectivity index (χ4n) is 1.81. The summed E-state index contributed by atoms with van der Waals surface area (Å²) in [7, 11) is 0. The number of nitrogens with zero attached hydrogens (tertiary/aromatic N) is 1. The van der Waals surface area contributed by atoms with Crippen molar-refractivity contribution in [1.29, 1.82) is 0 Å². The Hall–Kier alpha value is -2.20. The molecule has 0 aromatic heterocycles. The van der Waals surface area contributed by atoms with E-state index >= 15 is 0 Å². The maximum atomic E-state index is 5.21. The first kappa shape index (κ1) is 15.2. The van der Waals surface area contributed by atoms with E-state index in [1.54, 1.807) is 0 Å². The van der Waals surface area contributed by atoms with Crippen LogP contribution < -0.4 is 10.7 Å². The molecule has 0 spiro atoms. The SMILES string of the molecule is C/C(=N\NC(=S)NCc1ccccc1)c1ccc(C)cc1. The van der Waals surface area contributed by atoms with Crippen molar-refractivity contribution < 1.29 is 0 Å². The quantitative estimate of drug-likeness (QED) is 0.516. The normalized spacial score (nSPS) is 11.0. The van der Waals surface area contributed by atoms with Crippen molar-refractivity contribution in [3.8, 4) is 0 Å². The average molecular weight is 297 g/mol. The molecule has 2 rings (SSSR count). The molecule has 0 fully saturated rings. The van der Waals surface area contributed by atoms with Crippen LogP contribution in [0.2, 0.25) is 0 Å². The number of nitrogens with one attached hydrogen (secondary N) is 2. The second kappa shape index (κ2) is 7.55. The standard InChI is InChI=1S/C17H19N3S/c1-13-8-10-16(11-9-13)14(2)19-20-17(21)18-12-15-6-4-3-5-7-15/h3-11H,12H2,1-2H3,(H2,18,20,21)/b19-14+. The van der Waals surface area contributed by atoms with E-state index in [1.807, 2.05) is 25.1 Å². The molecule has 2 aromatic rings. The third kappa shape index (κ3) is 5.00. The molecule has 2 N–H and O–H groups in total. The lowest BCUT2D eigenvalue weighted by molar-refractivity contribution is 0.866. The first-order chi connectivity index (χ1) is 10.1. The summed E-state index contributed by atoms with van der Waals surface area (Å²) in [6, 6.07) is 18.4. The van der Waals surface area contributed by atoms with Crippen molar-refractivity contribution in [2.45, 2.75) is 20.4 Å². The van der Waals surface area contributed by atoms with E-state index in [0.717, 1.165) is 11.3 Å². The van der Waals surface area contributed by atoms with Gasteiger partial charge in [0.25, 0.3) is 0 Å². The fourth-order valence-corrected chi connectivity index (χ4v) is 1.93. The Morgan fingerprint density at radius 2 is 1.71 bits per heavy atom. The third-order valence-corrected chi connectivity index (χ3v) is 3.33. The summed E-state index contributed by atoms with van der Waals surface area (Å²) in [6.45, 7) is 4.71. The van der Waals surface area contributed by atoms with Gasteiger partial charge in [0.15, 0.2) is 5.11 Å². The van der Waals surface area contributed by atoms with Crippen LogP contribution in [0.5, 0.6) is 0 Å². The molecule has 21 heavy (non-hydrogen) atoms. The highest BCUT2D eigenvalue weighted by atomic mass is 32.1. The maximum absolute atomic E-state index is 5.21. The van der Waals surface area contributed by atoms with E-state index in [2.05, 4.69) is 59.2 Å². The number of benzene rings is 2. The van der Waals surface area contributed by atoms with Gasteiger partial charge in [-0.1, -0.05) is 60.2 Å². The molecule has 0 atom stereocenters. The summed E-state index contributed by atoms with van der Waals surface area (Å²) in [5, 5.41) is 7.95. The van der Waals surface area contributed by atoms with Crippen molar-refractivity contribution >= 4 is 23.0 Å². The molecule has 0 aliphatic carbocycles. The van der Waals surface area contributed by atoms with Gasteiger partial charge in [-0.15, -0.1) is 0 Å². The number of thiocarbonyl (C=S) groups is 1. The van der Waals surface area contributed by atoms with Crippen LogP contribution in [0, 0.1) is 6.92 Å². The average Bonchev–Trinajstić information content (AvgIpc) is 2.52. The van der Waals surface area contributed by atoms with E-state index < -0.39 is 0 Å². The Balaban J connectivity index is 1.85. The zero-order valence-electron chi connectivity index (χ0n) is 12.3. The summed E-state index contributed by atoms with van der Waals surface area (Å²) in [6.07, 6.45) is 0. The molecule has 0 saturated heterocycles. The van der Waals surface area contributed by atoms with Gasteiger partial charge < -0.3 is 5.32 Å². The maximum Gasteiger partial charge on any atom is 0.187 e. The molecule has 0 radical (unpaired) electrons. The molecule has 0 aliphatic heterocycles. The van der Waals surface area contributed by atoms with Crippen LogP contribution in [0.4, 0.5) is 0 Å². The zero-order chi connectivity index (χ0) is 15.1. The molecule has 0 amide bonds. The second-order valence-electron chi connectivity index (χ2n) is 4.84. The molecule has 0 saturated carbocycles. The van der Waals surface area contributed by atoms with E-state index in [-0.39, 0.29) is 0 Å². The highest BCUT2D eigenvalue weighted by molar-refractivity contribution is 7.80.